The van der Waals surface area contributed by atoms with Gasteiger partial charge in [-0.3, -0.25) is 0 Å². The standard InChI is InChI=1S/C13H10ClFN2O2/c1-2-19-13(18)12-10(15)11(16-7-17-12)8-4-3-5-9(14)6-8/h3-7H,2H2,1H3. The van der Waals surface area contributed by atoms with Crippen molar-refractivity contribution in [3.63, 3.8) is 0 Å². The normalized spacial score (nSPS) is 10.3. The summed E-state index contributed by atoms with van der Waals surface area (Å²) in [5, 5.41) is 0.452. The van der Waals surface area contributed by atoms with Crippen molar-refractivity contribution in [2.24, 2.45) is 0 Å². The van der Waals surface area contributed by atoms with Gasteiger partial charge in [-0.05, 0) is 19.1 Å². The van der Waals surface area contributed by atoms with Crippen molar-refractivity contribution < 1.29 is 13.9 Å². The monoisotopic (exact) mass is 280 g/mol. The van der Waals surface area contributed by atoms with Gasteiger partial charge in [-0.15, -0.1) is 0 Å². The average molecular weight is 281 g/mol. The molecule has 0 bridgehead atoms. The lowest BCUT2D eigenvalue weighted by atomic mass is 10.1. The number of benzene rings is 1. The summed E-state index contributed by atoms with van der Waals surface area (Å²) in [5.41, 5.74) is 0.102. The second-order valence-electron chi connectivity index (χ2n) is 3.62. The first-order chi connectivity index (χ1) is 9.13. The Balaban J connectivity index is 2.48. The van der Waals surface area contributed by atoms with Gasteiger partial charge in [0.15, 0.2) is 11.5 Å². The molecule has 0 saturated carbocycles. The number of ether oxygens (including phenoxy) is 1. The lowest BCUT2D eigenvalue weighted by Crippen LogP contribution is -2.11. The average Bonchev–Trinajstić information content (AvgIpc) is 2.39. The van der Waals surface area contributed by atoms with Crippen LogP contribution in [0.3, 0.4) is 0 Å². The molecule has 6 heteroatoms. The number of aromatic nitrogens is 2. The highest BCUT2D eigenvalue weighted by Gasteiger charge is 2.19. The minimum atomic E-state index is -0.816. The van der Waals surface area contributed by atoms with Crippen molar-refractivity contribution in [3.8, 4) is 11.3 Å². The molecule has 19 heavy (non-hydrogen) atoms. The van der Waals surface area contributed by atoms with Crippen LogP contribution >= 0.6 is 11.6 Å². The van der Waals surface area contributed by atoms with Crippen LogP contribution in [0.2, 0.25) is 5.02 Å². The van der Waals surface area contributed by atoms with Crippen LogP contribution in [0.5, 0.6) is 0 Å². The zero-order chi connectivity index (χ0) is 13.8. The van der Waals surface area contributed by atoms with Crippen molar-refractivity contribution in [2.75, 3.05) is 6.61 Å². The molecule has 0 atom stereocenters. The Morgan fingerprint density at radius 1 is 1.42 bits per heavy atom. The number of nitrogens with zero attached hydrogens (tertiary/aromatic N) is 2. The zero-order valence-electron chi connectivity index (χ0n) is 10.1. The first kappa shape index (κ1) is 13.4. The summed E-state index contributed by atoms with van der Waals surface area (Å²) < 4.78 is 18.9. The van der Waals surface area contributed by atoms with Gasteiger partial charge < -0.3 is 4.74 Å². The molecule has 2 aromatic rings. The fourth-order valence-corrected chi connectivity index (χ4v) is 1.74. The van der Waals surface area contributed by atoms with Crippen LogP contribution in [-0.2, 0) is 4.74 Å². The zero-order valence-corrected chi connectivity index (χ0v) is 10.8. The Hall–Kier alpha value is -2.01. The van der Waals surface area contributed by atoms with Crippen LogP contribution in [0.15, 0.2) is 30.6 Å². The van der Waals surface area contributed by atoms with Crippen molar-refractivity contribution >= 4 is 17.6 Å². The van der Waals surface area contributed by atoms with Gasteiger partial charge in [0.25, 0.3) is 0 Å². The van der Waals surface area contributed by atoms with Gasteiger partial charge in [-0.25, -0.2) is 19.2 Å². The molecule has 0 saturated heterocycles. The summed E-state index contributed by atoms with van der Waals surface area (Å²) in [6, 6.07) is 6.54. The molecule has 98 valence electrons. The van der Waals surface area contributed by atoms with E-state index in [2.05, 4.69) is 9.97 Å². The van der Waals surface area contributed by atoms with Crippen molar-refractivity contribution in [1.29, 1.82) is 0 Å². The molecule has 0 aliphatic heterocycles. The first-order valence-electron chi connectivity index (χ1n) is 5.57. The van der Waals surface area contributed by atoms with Gasteiger partial charge in [0, 0.05) is 10.6 Å². The number of carbonyl (C=O) groups is 1. The third kappa shape index (κ3) is 2.88. The summed E-state index contributed by atoms with van der Waals surface area (Å²) in [7, 11) is 0. The van der Waals surface area contributed by atoms with E-state index in [1.807, 2.05) is 0 Å². The molecule has 0 radical (unpaired) electrons. The molecule has 4 nitrogen and oxygen atoms in total. The quantitative estimate of drug-likeness (QED) is 0.811. The maximum absolute atomic E-state index is 14.2. The Labute approximate surface area is 114 Å². The van der Waals surface area contributed by atoms with Gasteiger partial charge in [0.1, 0.15) is 12.0 Å². The third-order valence-corrected chi connectivity index (χ3v) is 2.59. The number of carbonyl (C=O) groups excluding carboxylic acids is 1. The van der Waals surface area contributed by atoms with E-state index < -0.39 is 11.8 Å². The van der Waals surface area contributed by atoms with Crippen molar-refractivity contribution in [1.82, 2.24) is 9.97 Å². The highest BCUT2D eigenvalue weighted by Crippen LogP contribution is 2.24. The second-order valence-corrected chi connectivity index (χ2v) is 4.05. The molecular formula is C13H10ClFN2O2. The fraction of sp³-hybridized carbons (Fsp3) is 0.154. The second kappa shape index (κ2) is 5.75. The molecule has 2 rings (SSSR count). The van der Waals surface area contributed by atoms with Crippen LogP contribution in [0.1, 0.15) is 17.4 Å². The molecule has 0 amide bonds. The number of rotatable bonds is 3. The van der Waals surface area contributed by atoms with Gasteiger partial charge in [0.2, 0.25) is 0 Å². The molecular weight excluding hydrogens is 271 g/mol. The van der Waals surface area contributed by atoms with Gasteiger partial charge in [0.05, 0.1) is 6.61 Å². The Kier molecular flexibility index (Phi) is 4.06. The van der Waals surface area contributed by atoms with E-state index in [1.165, 1.54) is 0 Å². The molecule has 0 N–H and O–H groups in total. The van der Waals surface area contributed by atoms with Crippen LogP contribution in [0.25, 0.3) is 11.3 Å². The predicted molar refractivity (Wildman–Crippen MR) is 68.4 cm³/mol. The van der Waals surface area contributed by atoms with E-state index >= 15 is 0 Å². The fourth-order valence-electron chi connectivity index (χ4n) is 1.55. The Bertz CT molecular complexity index is 619. The minimum absolute atomic E-state index is 0.0144. The van der Waals surface area contributed by atoms with Crippen LogP contribution < -0.4 is 0 Å². The molecule has 0 aliphatic rings. The van der Waals surface area contributed by atoms with Crippen molar-refractivity contribution in [3.05, 3.63) is 47.1 Å². The molecule has 1 aromatic carbocycles. The van der Waals surface area contributed by atoms with Crippen LogP contribution in [0.4, 0.5) is 4.39 Å². The SMILES string of the molecule is CCOC(=O)c1ncnc(-c2cccc(Cl)c2)c1F. The number of esters is 1. The Morgan fingerprint density at radius 2 is 2.21 bits per heavy atom. The molecule has 0 fully saturated rings. The molecule has 0 unspecified atom stereocenters. The van der Waals surface area contributed by atoms with Gasteiger partial charge in [-0.2, -0.15) is 0 Å². The lowest BCUT2D eigenvalue weighted by Gasteiger charge is -2.06. The molecule has 1 heterocycles. The van der Waals surface area contributed by atoms with E-state index in [-0.39, 0.29) is 18.0 Å². The largest absolute Gasteiger partial charge is 0.461 e. The number of hydrogen-bond acceptors (Lipinski definition) is 4. The topological polar surface area (TPSA) is 52.1 Å². The van der Waals surface area contributed by atoms with E-state index in [0.29, 0.717) is 10.6 Å². The number of halogens is 2. The summed E-state index contributed by atoms with van der Waals surface area (Å²) in [4.78, 5) is 19.0. The van der Waals surface area contributed by atoms with Crippen molar-refractivity contribution in [2.45, 2.75) is 6.92 Å². The number of hydrogen-bond donors (Lipinski definition) is 0. The highest BCUT2D eigenvalue weighted by molar-refractivity contribution is 6.30. The summed E-state index contributed by atoms with van der Waals surface area (Å²) >= 11 is 5.84. The van der Waals surface area contributed by atoms with Gasteiger partial charge in [-0.1, -0.05) is 23.7 Å². The smallest absolute Gasteiger partial charge is 0.360 e. The summed E-state index contributed by atoms with van der Waals surface area (Å²) in [6.45, 7) is 1.78. The maximum Gasteiger partial charge on any atom is 0.360 e. The molecule has 0 spiro atoms. The highest BCUT2D eigenvalue weighted by atomic mass is 35.5. The van der Waals surface area contributed by atoms with E-state index in [4.69, 9.17) is 16.3 Å². The molecule has 0 aliphatic carbocycles. The van der Waals surface area contributed by atoms with Crippen LogP contribution in [-0.4, -0.2) is 22.5 Å². The van der Waals surface area contributed by atoms with Crippen LogP contribution in [0, 0.1) is 5.82 Å². The summed E-state index contributed by atoms with van der Waals surface area (Å²) in [6.07, 6.45) is 1.12. The maximum atomic E-state index is 14.2. The lowest BCUT2D eigenvalue weighted by molar-refractivity contribution is 0.0513. The first-order valence-corrected chi connectivity index (χ1v) is 5.94. The Morgan fingerprint density at radius 3 is 2.89 bits per heavy atom. The third-order valence-electron chi connectivity index (χ3n) is 2.36. The van der Waals surface area contributed by atoms with E-state index in [0.717, 1.165) is 6.33 Å². The minimum Gasteiger partial charge on any atom is -0.461 e. The van der Waals surface area contributed by atoms with E-state index in [9.17, 15) is 9.18 Å². The van der Waals surface area contributed by atoms with E-state index in [1.54, 1.807) is 31.2 Å². The predicted octanol–water partition coefficient (Wildman–Crippen LogP) is 3.11. The van der Waals surface area contributed by atoms with Gasteiger partial charge >= 0.3 is 5.97 Å². The molecule has 1 aromatic heterocycles. The summed E-state index contributed by atoms with van der Waals surface area (Å²) in [5.74, 6) is -1.63.